The van der Waals surface area contributed by atoms with E-state index >= 15 is 0 Å². The maximum atomic E-state index is 12.1. The molecule has 1 saturated heterocycles. The Morgan fingerprint density at radius 1 is 1.45 bits per heavy atom. The average Bonchev–Trinajstić information content (AvgIpc) is 2.77. The van der Waals surface area contributed by atoms with Crippen molar-refractivity contribution >= 4 is 28.3 Å². The fourth-order valence-electron chi connectivity index (χ4n) is 2.94. The summed E-state index contributed by atoms with van der Waals surface area (Å²) in [6.45, 7) is 7.47. The number of carbonyl (C=O) groups excluding carboxylic acids is 1. The minimum absolute atomic E-state index is 0.130. The van der Waals surface area contributed by atoms with Crippen molar-refractivity contribution in [3.8, 4) is 0 Å². The predicted molar refractivity (Wildman–Crippen MR) is 86.2 cm³/mol. The van der Waals surface area contributed by atoms with Gasteiger partial charge in [-0.2, -0.15) is 0 Å². The van der Waals surface area contributed by atoms with Crippen molar-refractivity contribution in [2.45, 2.75) is 33.6 Å². The van der Waals surface area contributed by atoms with Crippen molar-refractivity contribution in [2.75, 3.05) is 25.0 Å². The first-order chi connectivity index (χ1) is 10.4. The lowest BCUT2D eigenvalue weighted by molar-refractivity contribution is -0.144. The highest BCUT2D eigenvalue weighted by Gasteiger charge is 2.30. The Kier molecular flexibility index (Phi) is 5.52. The van der Waals surface area contributed by atoms with Gasteiger partial charge >= 0.3 is 5.97 Å². The number of aromatic nitrogens is 1. The van der Waals surface area contributed by atoms with Gasteiger partial charge in [-0.15, -0.1) is 11.3 Å². The zero-order chi connectivity index (χ0) is 16.3. The fourth-order valence-corrected chi connectivity index (χ4v) is 3.86. The third kappa shape index (κ3) is 4.27. The highest BCUT2D eigenvalue weighted by atomic mass is 32.1. The van der Waals surface area contributed by atoms with E-state index in [1.807, 2.05) is 25.7 Å². The van der Waals surface area contributed by atoms with Gasteiger partial charge in [-0.3, -0.25) is 14.5 Å². The van der Waals surface area contributed by atoms with Crippen LogP contribution in [0.3, 0.4) is 0 Å². The highest BCUT2D eigenvalue weighted by Crippen LogP contribution is 2.23. The van der Waals surface area contributed by atoms with Gasteiger partial charge in [0.25, 0.3) is 0 Å². The number of nitrogens with one attached hydrogen (secondary N) is 1. The lowest BCUT2D eigenvalue weighted by Gasteiger charge is -2.33. The number of rotatable bonds is 5. The molecule has 0 spiro atoms. The van der Waals surface area contributed by atoms with Gasteiger partial charge in [0.1, 0.15) is 0 Å². The number of carbonyl (C=O) groups is 2. The molecule has 6 nitrogen and oxygen atoms in total. The summed E-state index contributed by atoms with van der Waals surface area (Å²) in [6.07, 6.45) is 1.53. The summed E-state index contributed by atoms with van der Waals surface area (Å²) >= 11 is 1.48. The van der Waals surface area contributed by atoms with Crippen molar-refractivity contribution in [3.63, 3.8) is 0 Å². The Hall–Kier alpha value is -1.47. The maximum absolute atomic E-state index is 12.1. The molecule has 1 amide bonds. The second kappa shape index (κ2) is 7.19. The van der Waals surface area contributed by atoms with E-state index in [1.165, 1.54) is 11.3 Å². The summed E-state index contributed by atoms with van der Waals surface area (Å²) in [5, 5.41) is 12.6. The van der Waals surface area contributed by atoms with Gasteiger partial charge in [-0.05, 0) is 25.7 Å². The van der Waals surface area contributed by atoms with Gasteiger partial charge in [0.2, 0.25) is 5.91 Å². The molecule has 1 aromatic heterocycles. The van der Waals surface area contributed by atoms with Gasteiger partial charge in [0.05, 0.1) is 18.2 Å². The molecule has 1 aromatic rings. The summed E-state index contributed by atoms with van der Waals surface area (Å²) in [5.41, 5.74) is 1.01. The summed E-state index contributed by atoms with van der Waals surface area (Å²) in [6, 6.07) is 0. The van der Waals surface area contributed by atoms with E-state index in [-0.39, 0.29) is 24.3 Å². The molecule has 0 aliphatic carbocycles. The number of carboxylic acid groups (broad SMARTS) is 1. The summed E-state index contributed by atoms with van der Waals surface area (Å²) in [7, 11) is 0. The van der Waals surface area contributed by atoms with Crippen molar-refractivity contribution in [2.24, 2.45) is 11.8 Å². The van der Waals surface area contributed by atoms with Crippen LogP contribution in [0.15, 0.2) is 0 Å². The summed E-state index contributed by atoms with van der Waals surface area (Å²) < 4.78 is 0. The van der Waals surface area contributed by atoms with E-state index in [4.69, 9.17) is 5.11 Å². The first-order valence-corrected chi connectivity index (χ1v) is 8.42. The topological polar surface area (TPSA) is 82.5 Å². The number of carboxylic acids is 1. The quantitative estimate of drug-likeness (QED) is 0.865. The van der Waals surface area contributed by atoms with E-state index in [9.17, 15) is 9.59 Å². The van der Waals surface area contributed by atoms with Crippen LogP contribution >= 0.6 is 11.3 Å². The summed E-state index contributed by atoms with van der Waals surface area (Å²) in [4.78, 5) is 30.7. The normalized spacial score (nSPS) is 22.5. The van der Waals surface area contributed by atoms with E-state index in [0.717, 1.165) is 23.5 Å². The SMILES string of the molecule is CCc1nc(NC(=O)CN2CC(C)CC(C(=O)O)C2)sc1C. The zero-order valence-corrected chi connectivity index (χ0v) is 14.1. The standard InChI is InChI=1S/C15H23N3O3S/c1-4-12-10(3)22-15(16-12)17-13(19)8-18-6-9(2)5-11(7-18)14(20)21/h9,11H,4-8H2,1-3H3,(H,20,21)(H,16,17,19). The van der Waals surface area contributed by atoms with Gasteiger partial charge in [0, 0.05) is 18.0 Å². The molecule has 2 atom stereocenters. The van der Waals surface area contributed by atoms with Gasteiger partial charge < -0.3 is 10.4 Å². The van der Waals surface area contributed by atoms with Crippen molar-refractivity contribution < 1.29 is 14.7 Å². The first-order valence-electron chi connectivity index (χ1n) is 7.60. The van der Waals surface area contributed by atoms with Crippen LogP contribution in [0.5, 0.6) is 0 Å². The minimum Gasteiger partial charge on any atom is -0.481 e. The third-order valence-electron chi connectivity index (χ3n) is 3.93. The van der Waals surface area contributed by atoms with Crippen LogP contribution in [-0.4, -0.2) is 46.5 Å². The smallest absolute Gasteiger partial charge is 0.307 e. The van der Waals surface area contributed by atoms with Crippen LogP contribution in [0.2, 0.25) is 0 Å². The molecule has 2 rings (SSSR count). The molecule has 0 bridgehead atoms. The fraction of sp³-hybridized carbons (Fsp3) is 0.667. The maximum Gasteiger partial charge on any atom is 0.307 e. The predicted octanol–water partition coefficient (Wildman–Crippen LogP) is 2.00. The number of amides is 1. The second-order valence-electron chi connectivity index (χ2n) is 5.99. The molecule has 2 unspecified atom stereocenters. The number of anilines is 1. The Morgan fingerprint density at radius 3 is 2.77 bits per heavy atom. The number of likely N-dealkylation sites (tertiary alicyclic amines) is 1. The van der Waals surface area contributed by atoms with Crippen LogP contribution in [0.1, 0.15) is 30.8 Å². The van der Waals surface area contributed by atoms with Crippen LogP contribution in [0.25, 0.3) is 0 Å². The Labute approximate surface area is 134 Å². The molecular formula is C15H23N3O3S. The molecule has 1 aliphatic heterocycles. The lowest BCUT2D eigenvalue weighted by Crippen LogP contribution is -2.45. The van der Waals surface area contributed by atoms with Crippen molar-refractivity contribution in [1.29, 1.82) is 0 Å². The highest BCUT2D eigenvalue weighted by molar-refractivity contribution is 7.15. The number of hydrogen-bond acceptors (Lipinski definition) is 5. The molecule has 7 heteroatoms. The van der Waals surface area contributed by atoms with Gasteiger partial charge in [-0.1, -0.05) is 13.8 Å². The number of aliphatic carboxylic acids is 1. The van der Waals surface area contributed by atoms with Gasteiger partial charge in [-0.25, -0.2) is 4.98 Å². The lowest BCUT2D eigenvalue weighted by atomic mass is 9.90. The van der Waals surface area contributed by atoms with Crippen LogP contribution in [0.4, 0.5) is 5.13 Å². The summed E-state index contributed by atoms with van der Waals surface area (Å²) in [5.74, 6) is -1.00. The Morgan fingerprint density at radius 2 is 2.18 bits per heavy atom. The number of thiazole rings is 1. The van der Waals surface area contributed by atoms with Crippen molar-refractivity contribution in [3.05, 3.63) is 10.6 Å². The number of aryl methyl sites for hydroxylation is 2. The molecule has 122 valence electrons. The molecule has 0 radical (unpaired) electrons. The molecule has 1 aliphatic rings. The monoisotopic (exact) mass is 325 g/mol. The zero-order valence-electron chi connectivity index (χ0n) is 13.3. The Balaban J connectivity index is 1.91. The molecule has 2 N–H and O–H groups in total. The molecule has 0 aromatic carbocycles. The van der Waals surface area contributed by atoms with E-state index < -0.39 is 5.97 Å². The van der Waals surface area contributed by atoms with E-state index in [0.29, 0.717) is 18.1 Å². The van der Waals surface area contributed by atoms with E-state index in [2.05, 4.69) is 10.3 Å². The average molecular weight is 325 g/mol. The Bertz CT molecular complexity index is 558. The number of piperidine rings is 1. The molecule has 2 heterocycles. The molecule has 1 fully saturated rings. The van der Waals surface area contributed by atoms with Crippen LogP contribution < -0.4 is 5.32 Å². The van der Waals surface area contributed by atoms with E-state index in [1.54, 1.807) is 0 Å². The first kappa shape index (κ1) is 16.9. The van der Waals surface area contributed by atoms with Crippen molar-refractivity contribution in [1.82, 2.24) is 9.88 Å². The third-order valence-corrected chi connectivity index (χ3v) is 4.85. The minimum atomic E-state index is -0.778. The molecule has 0 saturated carbocycles. The van der Waals surface area contributed by atoms with Crippen LogP contribution in [-0.2, 0) is 16.0 Å². The van der Waals surface area contributed by atoms with Gasteiger partial charge in [0.15, 0.2) is 5.13 Å². The molecular weight excluding hydrogens is 302 g/mol. The second-order valence-corrected chi connectivity index (χ2v) is 7.20. The number of nitrogens with zero attached hydrogens (tertiary/aromatic N) is 2. The largest absolute Gasteiger partial charge is 0.481 e. The number of hydrogen-bond donors (Lipinski definition) is 2. The molecule has 22 heavy (non-hydrogen) atoms. The van der Waals surface area contributed by atoms with Crippen LogP contribution in [0, 0.1) is 18.8 Å².